The average Bonchev–Trinajstić information content (AvgIpc) is 3.15. The highest BCUT2D eigenvalue weighted by molar-refractivity contribution is 5.77. The fraction of sp³-hybridized carbons (Fsp3) is 0.261. The zero-order chi connectivity index (χ0) is 22.1. The summed E-state index contributed by atoms with van der Waals surface area (Å²) < 4.78 is 30.3. The van der Waals surface area contributed by atoms with Gasteiger partial charge in [0.15, 0.2) is 5.65 Å². The summed E-state index contributed by atoms with van der Waals surface area (Å²) in [5.74, 6) is -0.119. The topological polar surface area (TPSA) is 87.9 Å². The average molecular weight is 436 g/mol. The molecular weight excluding hydrogens is 414 g/mol. The molecule has 0 atom stereocenters. The first-order chi connectivity index (χ1) is 15.6. The van der Waals surface area contributed by atoms with Crippen molar-refractivity contribution >= 4 is 34.4 Å². The van der Waals surface area contributed by atoms with Crippen molar-refractivity contribution in [3.63, 3.8) is 0 Å². The summed E-state index contributed by atoms with van der Waals surface area (Å²) in [6, 6.07) is 12.7. The van der Waals surface area contributed by atoms with Crippen LogP contribution in [0.3, 0.4) is 0 Å². The fourth-order valence-electron chi connectivity index (χ4n) is 4.07. The van der Waals surface area contributed by atoms with Gasteiger partial charge < -0.3 is 15.7 Å². The lowest BCUT2D eigenvalue weighted by Crippen LogP contribution is -2.22. The quantitative estimate of drug-likeness (QED) is 0.405. The third-order valence-electron chi connectivity index (χ3n) is 5.70. The van der Waals surface area contributed by atoms with E-state index in [-0.39, 0.29) is 23.8 Å². The first-order valence-electron chi connectivity index (χ1n) is 10.5. The van der Waals surface area contributed by atoms with Crippen molar-refractivity contribution in [1.29, 1.82) is 0 Å². The number of aromatic nitrogens is 4. The third-order valence-corrected chi connectivity index (χ3v) is 5.70. The number of aliphatic hydroxyl groups excluding tert-OH is 1. The van der Waals surface area contributed by atoms with Gasteiger partial charge >= 0.3 is 0 Å². The van der Waals surface area contributed by atoms with E-state index >= 15 is 0 Å². The van der Waals surface area contributed by atoms with Gasteiger partial charge in [-0.25, -0.2) is 18.7 Å². The highest BCUT2D eigenvalue weighted by Gasteiger charge is 2.26. The van der Waals surface area contributed by atoms with E-state index in [0.29, 0.717) is 35.6 Å². The molecule has 0 amide bonds. The summed E-state index contributed by atoms with van der Waals surface area (Å²) in [7, 11) is 0. The molecule has 2 heterocycles. The number of anilines is 4. The molecule has 32 heavy (non-hydrogen) atoms. The molecule has 0 spiro atoms. The molecule has 0 saturated heterocycles. The van der Waals surface area contributed by atoms with Crippen molar-refractivity contribution in [3.05, 3.63) is 66.4 Å². The van der Waals surface area contributed by atoms with E-state index < -0.39 is 11.6 Å². The van der Waals surface area contributed by atoms with E-state index in [0.717, 1.165) is 12.8 Å². The molecular formula is C23H22F2N6O. The maximum atomic E-state index is 14.3. The minimum atomic E-state index is -0.409. The minimum Gasteiger partial charge on any atom is -0.393 e. The molecule has 0 radical (unpaired) electrons. The molecule has 5 rings (SSSR count). The molecule has 1 aliphatic rings. The highest BCUT2D eigenvalue weighted by atomic mass is 19.1. The van der Waals surface area contributed by atoms with E-state index in [4.69, 9.17) is 0 Å². The maximum absolute atomic E-state index is 14.3. The van der Waals surface area contributed by atoms with Crippen molar-refractivity contribution in [2.24, 2.45) is 0 Å². The van der Waals surface area contributed by atoms with E-state index in [9.17, 15) is 13.9 Å². The molecule has 4 aromatic rings. The smallest absolute Gasteiger partial charge is 0.229 e. The Morgan fingerprint density at radius 1 is 0.844 bits per heavy atom. The number of hydrogen-bond donors (Lipinski definition) is 3. The van der Waals surface area contributed by atoms with E-state index in [2.05, 4.69) is 25.6 Å². The van der Waals surface area contributed by atoms with Gasteiger partial charge in [-0.2, -0.15) is 4.98 Å². The van der Waals surface area contributed by atoms with Crippen molar-refractivity contribution in [1.82, 2.24) is 19.5 Å². The first-order valence-corrected chi connectivity index (χ1v) is 10.5. The minimum absolute atomic E-state index is 0.0221. The van der Waals surface area contributed by atoms with E-state index in [1.807, 2.05) is 4.57 Å². The maximum Gasteiger partial charge on any atom is 0.229 e. The number of benzene rings is 2. The second kappa shape index (κ2) is 8.51. The van der Waals surface area contributed by atoms with Crippen LogP contribution in [0, 0.1) is 11.6 Å². The van der Waals surface area contributed by atoms with Crippen LogP contribution in [0.5, 0.6) is 0 Å². The summed E-state index contributed by atoms with van der Waals surface area (Å²) in [4.78, 5) is 13.5. The predicted molar refractivity (Wildman–Crippen MR) is 118 cm³/mol. The summed E-state index contributed by atoms with van der Waals surface area (Å²) in [5, 5.41) is 15.9. The van der Waals surface area contributed by atoms with E-state index in [1.165, 1.54) is 12.1 Å². The Morgan fingerprint density at radius 2 is 1.47 bits per heavy atom. The second-order valence-electron chi connectivity index (χ2n) is 7.88. The molecule has 1 aliphatic carbocycles. The normalized spacial score (nSPS) is 18.6. The highest BCUT2D eigenvalue weighted by Crippen LogP contribution is 2.35. The van der Waals surface area contributed by atoms with Crippen LogP contribution < -0.4 is 10.6 Å². The molecule has 1 fully saturated rings. The van der Waals surface area contributed by atoms with Crippen molar-refractivity contribution in [2.45, 2.75) is 37.8 Å². The van der Waals surface area contributed by atoms with Crippen LogP contribution in [0.25, 0.3) is 11.2 Å². The molecule has 9 heteroatoms. The number of fused-ring (bicyclic) bond motifs is 1. The SMILES string of the molecule is OC1CCC(n2c(Nc3ccccc3F)nc3cnc(Nc4ccccc4F)nc32)CC1. The van der Waals surface area contributed by atoms with Gasteiger partial charge in [0, 0.05) is 6.04 Å². The lowest BCUT2D eigenvalue weighted by molar-refractivity contribution is 0.112. The number of imidazole rings is 1. The molecule has 0 unspecified atom stereocenters. The Kier molecular flexibility index (Phi) is 5.40. The predicted octanol–water partition coefficient (Wildman–Crippen LogP) is 5.07. The Morgan fingerprint density at radius 3 is 2.12 bits per heavy atom. The standard InChI is InChI=1S/C23H22F2N6O/c24-16-5-1-3-7-18(16)27-22-26-13-20-21(30-22)31(14-9-11-15(32)12-10-14)23(29-20)28-19-8-4-2-6-17(19)25/h1-8,13-15,32H,9-12H2,(H,28,29)(H,26,27,30). The molecule has 164 valence electrons. The largest absolute Gasteiger partial charge is 0.393 e. The van der Waals surface area contributed by atoms with Crippen LogP contribution in [0.4, 0.5) is 32.1 Å². The Balaban J connectivity index is 1.57. The number of nitrogens with one attached hydrogen (secondary N) is 2. The zero-order valence-corrected chi connectivity index (χ0v) is 17.2. The van der Waals surface area contributed by atoms with Gasteiger partial charge in [0.2, 0.25) is 11.9 Å². The van der Waals surface area contributed by atoms with Crippen molar-refractivity contribution < 1.29 is 13.9 Å². The number of aliphatic hydroxyl groups is 1. The lowest BCUT2D eigenvalue weighted by Gasteiger charge is -2.28. The molecule has 2 aromatic carbocycles. The van der Waals surface area contributed by atoms with Crippen LogP contribution in [0.15, 0.2) is 54.7 Å². The lowest BCUT2D eigenvalue weighted by atomic mass is 9.93. The van der Waals surface area contributed by atoms with Crippen LogP contribution in [-0.4, -0.2) is 30.7 Å². The fourth-order valence-corrected chi connectivity index (χ4v) is 4.07. The molecule has 7 nitrogen and oxygen atoms in total. The summed E-state index contributed by atoms with van der Waals surface area (Å²) in [5.41, 5.74) is 1.66. The van der Waals surface area contributed by atoms with Gasteiger partial charge in [-0.3, -0.25) is 4.57 Å². The van der Waals surface area contributed by atoms with Gasteiger partial charge in [-0.15, -0.1) is 0 Å². The second-order valence-corrected chi connectivity index (χ2v) is 7.88. The number of nitrogens with zero attached hydrogens (tertiary/aromatic N) is 4. The van der Waals surface area contributed by atoms with Gasteiger partial charge in [0.1, 0.15) is 17.2 Å². The molecule has 0 bridgehead atoms. The number of rotatable bonds is 5. The Hall–Kier alpha value is -3.59. The Bertz CT molecular complexity index is 1250. The molecule has 3 N–H and O–H groups in total. The van der Waals surface area contributed by atoms with Crippen molar-refractivity contribution in [2.75, 3.05) is 10.6 Å². The zero-order valence-electron chi connectivity index (χ0n) is 17.2. The Labute approximate surface area is 183 Å². The van der Waals surface area contributed by atoms with Gasteiger partial charge in [0.25, 0.3) is 0 Å². The summed E-state index contributed by atoms with van der Waals surface area (Å²) >= 11 is 0. The number of para-hydroxylation sites is 2. The molecule has 2 aromatic heterocycles. The van der Waals surface area contributed by atoms with Gasteiger partial charge in [-0.05, 0) is 49.9 Å². The third kappa shape index (κ3) is 3.99. The number of hydrogen-bond acceptors (Lipinski definition) is 6. The van der Waals surface area contributed by atoms with Gasteiger partial charge in [0.05, 0.1) is 23.7 Å². The van der Waals surface area contributed by atoms with Crippen molar-refractivity contribution in [3.8, 4) is 0 Å². The molecule has 0 aliphatic heterocycles. The van der Waals surface area contributed by atoms with Crippen LogP contribution in [0.2, 0.25) is 0 Å². The summed E-state index contributed by atoms with van der Waals surface area (Å²) in [6.07, 6.45) is 4.03. The monoisotopic (exact) mass is 436 g/mol. The first kappa shape index (κ1) is 20.3. The molecule has 1 saturated carbocycles. The number of halogens is 2. The van der Waals surface area contributed by atoms with Gasteiger partial charge in [-0.1, -0.05) is 24.3 Å². The van der Waals surface area contributed by atoms with Crippen LogP contribution in [0.1, 0.15) is 31.7 Å². The summed E-state index contributed by atoms with van der Waals surface area (Å²) in [6.45, 7) is 0. The van der Waals surface area contributed by atoms with E-state index in [1.54, 1.807) is 42.6 Å². The van der Waals surface area contributed by atoms with Crippen LogP contribution in [-0.2, 0) is 0 Å². The van der Waals surface area contributed by atoms with Crippen LogP contribution >= 0.6 is 0 Å².